The largest absolute Gasteiger partial charge is 0.324 e. The highest BCUT2D eigenvalue weighted by Gasteiger charge is 2.55. The molecule has 2 aromatic rings. The molecule has 0 spiro atoms. The zero-order valence-corrected chi connectivity index (χ0v) is 16.4. The maximum Gasteiger partial charge on any atom is 0.263 e. The van der Waals surface area contributed by atoms with Gasteiger partial charge in [0, 0.05) is 5.69 Å². The number of carbonyl (C=O) groups is 3. The Kier molecular flexibility index (Phi) is 4.62. The molecule has 0 unspecified atom stereocenters. The Bertz CT molecular complexity index is 1030. The van der Waals surface area contributed by atoms with Gasteiger partial charge in [0.1, 0.15) is 6.54 Å². The summed E-state index contributed by atoms with van der Waals surface area (Å²) in [6, 6.07) is 11.2. The standard InChI is InChI=1S/C21H21N5O3/c1-12-7-4-5-10-15(12)22-16(27)11-25-19-17(23-24-25)20(28)26(21(19)29)18-13(2)8-6-9-14(18)3/h4-10,17,19H,11H2,1-3H3,(H,22,27)/t17-,19+/m0/s1. The van der Waals surface area contributed by atoms with Gasteiger partial charge < -0.3 is 5.32 Å². The molecule has 1 fully saturated rings. The number of benzene rings is 2. The van der Waals surface area contributed by atoms with Gasteiger partial charge in [0.25, 0.3) is 11.8 Å². The number of para-hydroxylation sites is 2. The molecule has 1 N–H and O–H groups in total. The van der Waals surface area contributed by atoms with Crippen LogP contribution in [0.15, 0.2) is 52.8 Å². The molecule has 2 heterocycles. The minimum atomic E-state index is -0.923. The lowest BCUT2D eigenvalue weighted by molar-refractivity contribution is -0.123. The van der Waals surface area contributed by atoms with Crippen molar-refractivity contribution in [1.82, 2.24) is 5.01 Å². The van der Waals surface area contributed by atoms with E-state index in [0.29, 0.717) is 11.4 Å². The third kappa shape index (κ3) is 3.16. The number of aryl methyl sites for hydroxylation is 3. The van der Waals surface area contributed by atoms with Gasteiger partial charge in [-0.05, 0) is 43.5 Å². The van der Waals surface area contributed by atoms with Gasteiger partial charge in [-0.15, -0.1) is 0 Å². The fraction of sp³-hybridized carbons (Fsp3) is 0.286. The van der Waals surface area contributed by atoms with Gasteiger partial charge in [0.2, 0.25) is 5.91 Å². The smallest absolute Gasteiger partial charge is 0.263 e. The minimum absolute atomic E-state index is 0.168. The molecule has 0 bridgehead atoms. The van der Waals surface area contributed by atoms with Crippen molar-refractivity contribution in [3.05, 3.63) is 59.2 Å². The van der Waals surface area contributed by atoms with Crippen LogP contribution >= 0.6 is 0 Å². The number of imide groups is 1. The second-order valence-electron chi connectivity index (χ2n) is 7.31. The van der Waals surface area contributed by atoms with Crippen LogP contribution in [0.4, 0.5) is 11.4 Å². The Morgan fingerprint density at radius 3 is 2.31 bits per heavy atom. The lowest BCUT2D eigenvalue weighted by Gasteiger charge is -2.22. The Balaban J connectivity index is 1.54. The van der Waals surface area contributed by atoms with Crippen LogP contribution in [0.1, 0.15) is 16.7 Å². The fourth-order valence-corrected chi connectivity index (χ4v) is 3.78. The molecule has 2 atom stereocenters. The monoisotopic (exact) mass is 391 g/mol. The predicted molar refractivity (Wildman–Crippen MR) is 107 cm³/mol. The predicted octanol–water partition coefficient (Wildman–Crippen LogP) is 2.54. The zero-order chi connectivity index (χ0) is 20.7. The van der Waals surface area contributed by atoms with Crippen LogP contribution in [0.5, 0.6) is 0 Å². The van der Waals surface area contributed by atoms with Crippen LogP contribution < -0.4 is 10.2 Å². The molecule has 2 aromatic carbocycles. The highest BCUT2D eigenvalue weighted by molar-refractivity contribution is 6.26. The summed E-state index contributed by atoms with van der Waals surface area (Å²) in [5, 5.41) is 12.0. The zero-order valence-electron chi connectivity index (χ0n) is 16.4. The molecule has 2 aliphatic heterocycles. The lowest BCUT2D eigenvalue weighted by Crippen LogP contribution is -2.43. The molecule has 0 radical (unpaired) electrons. The number of carbonyl (C=O) groups excluding carboxylic acids is 3. The van der Waals surface area contributed by atoms with E-state index in [1.54, 1.807) is 6.07 Å². The van der Waals surface area contributed by atoms with Gasteiger partial charge in [0.05, 0.1) is 5.69 Å². The first kappa shape index (κ1) is 18.8. The van der Waals surface area contributed by atoms with E-state index in [0.717, 1.165) is 16.7 Å². The lowest BCUT2D eigenvalue weighted by atomic mass is 10.1. The van der Waals surface area contributed by atoms with Crippen LogP contribution in [-0.4, -0.2) is 41.4 Å². The summed E-state index contributed by atoms with van der Waals surface area (Å²) in [5.41, 5.74) is 3.85. The highest BCUT2D eigenvalue weighted by Crippen LogP contribution is 2.35. The van der Waals surface area contributed by atoms with Crippen molar-refractivity contribution in [2.75, 3.05) is 16.8 Å². The Labute approximate surface area is 168 Å². The number of hydrogen-bond acceptors (Lipinski definition) is 6. The molecular weight excluding hydrogens is 370 g/mol. The molecule has 29 heavy (non-hydrogen) atoms. The first-order valence-electron chi connectivity index (χ1n) is 9.35. The van der Waals surface area contributed by atoms with Gasteiger partial charge in [-0.25, -0.2) is 4.90 Å². The summed E-state index contributed by atoms with van der Waals surface area (Å²) in [6.07, 6.45) is 0. The molecular formula is C21H21N5O3. The fourth-order valence-electron chi connectivity index (χ4n) is 3.78. The van der Waals surface area contributed by atoms with Crippen LogP contribution in [0.25, 0.3) is 0 Å². The minimum Gasteiger partial charge on any atom is -0.324 e. The Hall–Kier alpha value is -3.55. The molecule has 2 aliphatic rings. The van der Waals surface area contributed by atoms with E-state index >= 15 is 0 Å². The van der Waals surface area contributed by atoms with Gasteiger partial charge in [-0.3, -0.25) is 19.4 Å². The summed E-state index contributed by atoms with van der Waals surface area (Å²) in [4.78, 5) is 39.7. The average Bonchev–Trinajstić information content (AvgIpc) is 3.18. The van der Waals surface area contributed by atoms with Crippen molar-refractivity contribution >= 4 is 29.1 Å². The number of amides is 3. The summed E-state index contributed by atoms with van der Waals surface area (Å²) in [7, 11) is 0. The molecule has 148 valence electrons. The second-order valence-corrected chi connectivity index (χ2v) is 7.31. The van der Waals surface area contributed by atoms with E-state index in [1.165, 1.54) is 9.91 Å². The summed E-state index contributed by atoms with van der Waals surface area (Å²) in [5.74, 6) is -1.15. The number of anilines is 2. The van der Waals surface area contributed by atoms with E-state index < -0.39 is 23.9 Å². The maximum atomic E-state index is 13.1. The van der Waals surface area contributed by atoms with Crippen molar-refractivity contribution in [1.29, 1.82) is 0 Å². The van der Waals surface area contributed by atoms with E-state index in [4.69, 9.17) is 0 Å². The summed E-state index contributed by atoms with van der Waals surface area (Å²) < 4.78 is 0. The average molecular weight is 391 g/mol. The molecule has 3 amide bonds. The topological polar surface area (TPSA) is 94.4 Å². The van der Waals surface area contributed by atoms with Gasteiger partial charge >= 0.3 is 0 Å². The summed E-state index contributed by atoms with van der Waals surface area (Å²) in [6.45, 7) is 5.43. The molecule has 0 aromatic heterocycles. The van der Waals surface area contributed by atoms with Crippen molar-refractivity contribution in [3.8, 4) is 0 Å². The SMILES string of the molecule is Cc1ccccc1NC(=O)CN1N=N[C@@H]2C(=O)N(c3c(C)cccc3C)C(=O)[C@@H]21. The van der Waals surface area contributed by atoms with E-state index in [-0.39, 0.29) is 12.5 Å². The maximum absolute atomic E-state index is 13.1. The van der Waals surface area contributed by atoms with Crippen molar-refractivity contribution in [2.45, 2.75) is 32.9 Å². The van der Waals surface area contributed by atoms with Gasteiger partial charge in [-0.1, -0.05) is 41.6 Å². The van der Waals surface area contributed by atoms with Crippen molar-refractivity contribution in [2.24, 2.45) is 10.3 Å². The molecule has 0 aliphatic carbocycles. The normalized spacial score (nSPS) is 20.4. The quantitative estimate of drug-likeness (QED) is 0.811. The molecule has 8 nitrogen and oxygen atoms in total. The van der Waals surface area contributed by atoms with Crippen LogP contribution in [0, 0.1) is 20.8 Å². The van der Waals surface area contributed by atoms with E-state index in [1.807, 2.05) is 57.2 Å². The summed E-state index contributed by atoms with van der Waals surface area (Å²) >= 11 is 0. The number of fused-ring (bicyclic) bond motifs is 1. The number of nitrogens with one attached hydrogen (secondary N) is 1. The molecule has 8 heteroatoms. The number of hydrogen-bond donors (Lipinski definition) is 1. The first-order valence-corrected chi connectivity index (χ1v) is 9.35. The van der Waals surface area contributed by atoms with Gasteiger partial charge in [-0.2, -0.15) is 5.11 Å². The number of rotatable bonds is 4. The van der Waals surface area contributed by atoms with Gasteiger partial charge in [0.15, 0.2) is 12.1 Å². The van der Waals surface area contributed by atoms with Crippen LogP contribution in [0.3, 0.4) is 0 Å². The Morgan fingerprint density at radius 1 is 0.966 bits per heavy atom. The molecule has 4 rings (SSSR count). The first-order chi connectivity index (χ1) is 13.9. The number of nitrogens with zero attached hydrogens (tertiary/aromatic N) is 4. The van der Waals surface area contributed by atoms with E-state index in [2.05, 4.69) is 15.7 Å². The van der Waals surface area contributed by atoms with Crippen molar-refractivity contribution in [3.63, 3.8) is 0 Å². The molecule has 0 saturated carbocycles. The van der Waals surface area contributed by atoms with Crippen LogP contribution in [0.2, 0.25) is 0 Å². The van der Waals surface area contributed by atoms with E-state index in [9.17, 15) is 14.4 Å². The van der Waals surface area contributed by atoms with Crippen molar-refractivity contribution < 1.29 is 14.4 Å². The second kappa shape index (κ2) is 7.12. The third-order valence-corrected chi connectivity index (χ3v) is 5.25. The Morgan fingerprint density at radius 2 is 1.62 bits per heavy atom. The molecule has 1 saturated heterocycles. The van der Waals surface area contributed by atoms with Crippen LogP contribution in [-0.2, 0) is 14.4 Å². The third-order valence-electron chi connectivity index (χ3n) is 5.25. The highest BCUT2D eigenvalue weighted by atomic mass is 16.2.